The minimum absolute atomic E-state index is 0.0361. The lowest BCUT2D eigenvalue weighted by Crippen LogP contribution is -2.44. The number of ether oxygens (including phenoxy) is 1. The summed E-state index contributed by atoms with van der Waals surface area (Å²) in [6, 6.07) is 11.2. The van der Waals surface area contributed by atoms with Gasteiger partial charge in [-0.2, -0.15) is 0 Å². The Morgan fingerprint density at radius 2 is 2.07 bits per heavy atom. The van der Waals surface area contributed by atoms with Gasteiger partial charge in [0.05, 0.1) is 18.7 Å². The molecule has 1 atom stereocenters. The van der Waals surface area contributed by atoms with E-state index in [0.717, 1.165) is 55.8 Å². The number of amides is 1. The molecule has 2 heterocycles. The van der Waals surface area contributed by atoms with Crippen molar-refractivity contribution >= 4 is 5.91 Å². The maximum Gasteiger partial charge on any atom is 0.226 e. The molecule has 0 bridgehead atoms. The molecule has 6 nitrogen and oxygen atoms in total. The number of hydrogen-bond acceptors (Lipinski definition) is 5. The second-order valence-electron chi connectivity index (χ2n) is 7.49. The highest BCUT2D eigenvalue weighted by atomic mass is 16.5. The molecule has 1 N–H and O–H groups in total. The molecule has 1 aliphatic heterocycles. The van der Waals surface area contributed by atoms with Crippen molar-refractivity contribution in [1.82, 2.24) is 14.8 Å². The van der Waals surface area contributed by atoms with Crippen molar-refractivity contribution in [3.63, 3.8) is 0 Å². The number of benzene rings is 1. The lowest BCUT2D eigenvalue weighted by Gasteiger charge is -2.34. The van der Waals surface area contributed by atoms with Gasteiger partial charge >= 0.3 is 0 Å². The fourth-order valence-electron chi connectivity index (χ4n) is 4.00. The Kier molecular flexibility index (Phi) is 7.09. The van der Waals surface area contributed by atoms with E-state index in [1.165, 1.54) is 0 Å². The number of phenolic OH excluding ortho intramolecular Hbond substituents is 1. The Labute approximate surface area is 173 Å². The number of pyridine rings is 1. The van der Waals surface area contributed by atoms with E-state index >= 15 is 0 Å². The Bertz CT molecular complexity index is 836. The SMILES string of the molecule is CCN(CC)C(=O)C1CCCN(Cc2cc(-c3cccc(OC)n3)ccc2O)C1. The summed E-state index contributed by atoms with van der Waals surface area (Å²) in [7, 11) is 1.60. The summed E-state index contributed by atoms with van der Waals surface area (Å²) in [5.41, 5.74) is 2.59. The van der Waals surface area contributed by atoms with Crippen LogP contribution in [0.5, 0.6) is 11.6 Å². The van der Waals surface area contributed by atoms with Crippen LogP contribution in [0.3, 0.4) is 0 Å². The van der Waals surface area contributed by atoms with E-state index in [2.05, 4.69) is 9.88 Å². The number of hydrogen-bond donors (Lipinski definition) is 1. The molecule has 3 rings (SSSR count). The number of rotatable bonds is 7. The highest BCUT2D eigenvalue weighted by molar-refractivity contribution is 5.79. The van der Waals surface area contributed by atoms with Crippen molar-refractivity contribution in [3.8, 4) is 22.9 Å². The maximum absolute atomic E-state index is 12.8. The highest BCUT2D eigenvalue weighted by Crippen LogP contribution is 2.28. The van der Waals surface area contributed by atoms with E-state index in [-0.39, 0.29) is 17.6 Å². The van der Waals surface area contributed by atoms with Crippen LogP contribution in [-0.4, -0.2) is 59.1 Å². The summed E-state index contributed by atoms with van der Waals surface area (Å²) in [6.07, 6.45) is 1.93. The molecular formula is C23H31N3O3. The Morgan fingerprint density at radius 1 is 1.28 bits per heavy atom. The second kappa shape index (κ2) is 9.74. The zero-order valence-corrected chi connectivity index (χ0v) is 17.6. The van der Waals surface area contributed by atoms with E-state index < -0.39 is 0 Å². The molecule has 29 heavy (non-hydrogen) atoms. The van der Waals surface area contributed by atoms with Crippen molar-refractivity contribution in [3.05, 3.63) is 42.0 Å². The Hall–Kier alpha value is -2.60. The summed E-state index contributed by atoms with van der Waals surface area (Å²) >= 11 is 0. The van der Waals surface area contributed by atoms with Gasteiger partial charge in [-0.3, -0.25) is 9.69 Å². The van der Waals surface area contributed by atoms with Crippen LogP contribution in [0.4, 0.5) is 0 Å². The monoisotopic (exact) mass is 397 g/mol. The molecule has 2 aromatic rings. The zero-order valence-electron chi connectivity index (χ0n) is 17.6. The number of methoxy groups -OCH3 is 1. The first-order chi connectivity index (χ1) is 14.0. The molecule has 1 fully saturated rings. The number of nitrogens with zero attached hydrogens (tertiary/aromatic N) is 3. The van der Waals surface area contributed by atoms with Crippen LogP contribution in [0, 0.1) is 5.92 Å². The smallest absolute Gasteiger partial charge is 0.226 e. The van der Waals surface area contributed by atoms with Crippen LogP contribution in [0.15, 0.2) is 36.4 Å². The highest BCUT2D eigenvalue weighted by Gasteiger charge is 2.28. The standard InChI is InChI=1S/C23H31N3O3/c1-4-26(5-2)23(28)18-8-7-13-25(15-18)16-19-14-17(11-12-21(19)27)20-9-6-10-22(24-20)29-3/h6,9-12,14,18,27H,4-5,7-8,13,15-16H2,1-3H3. The van der Waals surface area contributed by atoms with Gasteiger partial charge in [0, 0.05) is 43.4 Å². The van der Waals surface area contributed by atoms with Gasteiger partial charge in [-0.25, -0.2) is 4.98 Å². The number of piperidine rings is 1. The minimum atomic E-state index is 0.0361. The zero-order chi connectivity index (χ0) is 20.8. The summed E-state index contributed by atoms with van der Waals surface area (Å²) in [5, 5.41) is 10.4. The third-order valence-corrected chi connectivity index (χ3v) is 5.63. The summed E-state index contributed by atoms with van der Waals surface area (Å²) < 4.78 is 5.22. The third-order valence-electron chi connectivity index (χ3n) is 5.63. The van der Waals surface area contributed by atoms with E-state index in [1.54, 1.807) is 13.2 Å². The molecule has 1 saturated heterocycles. The lowest BCUT2D eigenvalue weighted by molar-refractivity contribution is -0.137. The van der Waals surface area contributed by atoms with Gasteiger partial charge in [-0.1, -0.05) is 6.07 Å². The molecule has 0 saturated carbocycles. The molecule has 0 radical (unpaired) electrons. The van der Waals surface area contributed by atoms with Crippen LogP contribution >= 0.6 is 0 Å². The van der Waals surface area contributed by atoms with Crippen LogP contribution < -0.4 is 4.74 Å². The summed E-state index contributed by atoms with van der Waals surface area (Å²) in [4.78, 5) is 21.4. The summed E-state index contributed by atoms with van der Waals surface area (Å²) in [5.74, 6) is 1.12. The predicted octanol–water partition coefficient (Wildman–Crippen LogP) is 3.54. The van der Waals surface area contributed by atoms with Crippen LogP contribution in [0.1, 0.15) is 32.3 Å². The molecule has 1 aromatic carbocycles. The van der Waals surface area contributed by atoms with Gasteiger partial charge in [-0.05, 0) is 57.5 Å². The lowest BCUT2D eigenvalue weighted by atomic mass is 9.95. The number of aromatic nitrogens is 1. The topological polar surface area (TPSA) is 65.9 Å². The molecule has 1 aromatic heterocycles. The fraction of sp³-hybridized carbons (Fsp3) is 0.478. The second-order valence-corrected chi connectivity index (χ2v) is 7.49. The quantitative estimate of drug-likeness (QED) is 0.774. The van der Waals surface area contributed by atoms with E-state index in [4.69, 9.17) is 4.74 Å². The normalized spacial score (nSPS) is 17.1. The number of carbonyl (C=O) groups excluding carboxylic acids is 1. The number of likely N-dealkylation sites (tertiary alicyclic amines) is 1. The van der Waals surface area contributed by atoms with Crippen molar-refractivity contribution in [1.29, 1.82) is 0 Å². The first-order valence-corrected chi connectivity index (χ1v) is 10.4. The van der Waals surface area contributed by atoms with Gasteiger partial charge in [0.2, 0.25) is 11.8 Å². The molecule has 1 amide bonds. The molecule has 0 spiro atoms. The van der Waals surface area contributed by atoms with Gasteiger partial charge in [0.15, 0.2) is 0 Å². The van der Waals surface area contributed by atoms with Crippen molar-refractivity contribution in [2.45, 2.75) is 33.2 Å². The van der Waals surface area contributed by atoms with Crippen molar-refractivity contribution < 1.29 is 14.6 Å². The van der Waals surface area contributed by atoms with Crippen LogP contribution in [-0.2, 0) is 11.3 Å². The molecule has 1 unspecified atom stereocenters. The van der Waals surface area contributed by atoms with E-state index in [9.17, 15) is 9.90 Å². The first kappa shape index (κ1) is 21.1. The number of carbonyl (C=O) groups is 1. The van der Waals surface area contributed by atoms with Gasteiger partial charge in [0.25, 0.3) is 0 Å². The van der Waals surface area contributed by atoms with Crippen molar-refractivity contribution in [2.24, 2.45) is 5.92 Å². The fourth-order valence-corrected chi connectivity index (χ4v) is 4.00. The van der Waals surface area contributed by atoms with Crippen LogP contribution in [0.2, 0.25) is 0 Å². The van der Waals surface area contributed by atoms with Gasteiger partial charge < -0.3 is 14.7 Å². The molecule has 156 valence electrons. The third kappa shape index (κ3) is 5.07. The average Bonchev–Trinajstić information content (AvgIpc) is 2.76. The summed E-state index contributed by atoms with van der Waals surface area (Å²) in [6.45, 7) is 7.84. The van der Waals surface area contributed by atoms with Gasteiger partial charge in [-0.15, -0.1) is 0 Å². The molecule has 1 aliphatic rings. The Morgan fingerprint density at radius 3 is 2.79 bits per heavy atom. The van der Waals surface area contributed by atoms with E-state index in [0.29, 0.717) is 12.4 Å². The minimum Gasteiger partial charge on any atom is -0.508 e. The van der Waals surface area contributed by atoms with Crippen molar-refractivity contribution in [2.75, 3.05) is 33.3 Å². The van der Waals surface area contributed by atoms with Crippen LogP contribution in [0.25, 0.3) is 11.3 Å². The van der Waals surface area contributed by atoms with E-state index in [1.807, 2.05) is 49.1 Å². The largest absolute Gasteiger partial charge is 0.508 e. The number of aromatic hydroxyl groups is 1. The maximum atomic E-state index is 12.8. The number of phenols is 1. The predicted molar refractivity (Wildman–Crippen MR) is 114 cm³/mol. The average molecular weight is 398 g/mol. The molecular weight excluding hydrogens is 366 g/mol. The first-order valence-electron chi connectivity index (χ1n) is 10.4. The molecule has 0 aliphatic carbocycles. The van der Waals surface area contributed by atoms with Gasteiger partial charge in [0.1, 0.15) is 5.75 Å². The molecule has 6 heteroatoms. The Balaban J connectivity index is 1.74.